The average molecular weight is 336 g/mol. The molecule has 1 heterocycles. The lowest BCUT2D eigenvalue weighted by Crippen LogP contribution is -2.38. The molecule has 1 aliphatic rings. The van der Waals surface area contributed by atoms with E-state index >= 15 is 0 Å². The number of rotatable bonds is 8. The van der Waals surface area contributed by atoms with Gasteiger partial charge < -0.3 is 18.9 Å². The van der Waals surface area contributed by atoms with Crippen molar-refractivity contribution in [1.29, 1.82) is 0 Å². The summed E-state index contributed by atoms with van der Waals surface area (Å²) >= 11 is 0. The summed E-state index contributed by atoms with van der Waals surface area (Å²) < 4.78 is 22.0. The van der Waals surface area contributed by atoms with Crippen molar-refractivity contribution in [3.8, 4) is 5.75 Å². The summed E-state index contributed by atoms with van der Waals surface area (Å²) in [5.74, 6) is 1.08. The van der Waals surface area contributed by atoms with Crippen LogP contribution in [0.25, 0.3) is 0 Å². The number of ether oxygens (including phenoxy) is 4. The Bertz CT molecular complexity index is 499. The summed E-state index contributed by atoms with van der Waals surface area (Å²) in [5, 5.41) is 0. The number of benzene rings is 1. The fourth-order valence-corrected chi connectivity index (χ4v) is 2.86. The lowest BCUT2D eigenvalue weighted by Gasteiger charge is -2.34. The highest BCUT2D eigenvalue weighted by Crippen LogP contribution is 2.27. The third kappa shape index (κ3) is 5.80. The van der Waals surface area contributed by atoms with E-state index in [9.17, 15) is 4.79 Å². The maximum Gasteiger partial charge on any atom is 0.308 e. The monoisotopic (exact) mass is 336 g/mol. The van der Waals surface area contributed by atoms with Gasteiger partial charge in [0.05, 0.1) is 45.6 Å². The van der Waals surface area contributed by atoms with Gasteiger partial charge in [-0.3, -0.25) is 4.79 Å². The normalized spacial score (nSPS) is 23.7. The molecule has 5 heteroatoms. The third-order valence-corrected chi connectivity index (χ3v) is 4.36. The Morgan fingerprint density at radius 3 is 2.67 bits per heavy atom. The van der Waals surface area contributed by atoms with Gasteiger partial charge in [-0.05, 0) is 43.4 Å². The van der Waals surface area contributed by atoms with Gasteiger partial charge in [0.25, 0.3) is 0 Å². The van der Waals surface area contributed by atoms with Gasteiger partial charge in [0.2, 0.25) is 0 Å². The van der Waals surface area contributed by atoms with Crippen LogP contribution in [-0.4, -0.2) is 38.5 Å². The maximum atomic E-state index is 11.6. The van der Waals surface area contributed by atoms with Gasteiger partial charge >= 0.3 is 5.97 Å². The lowest BCUT2D eigenvalue weighted by atomic mass is 9.92. The van der Waals surface area contributed by atoms with Crippen molar-refractivity contribution in [3.05, 3.63) is 29.8 Å². The molecule has 0 saturated carbocycles. The van der Waals surface area contributed by atoms with E-state index in [4.69, 9.17) is 18.9 Å². The molecule has 0 bridgehead atoms. The molecule has 0 aliphatic carbocycles. The highest BCUT2D eigenvalue weighted by molar-refractivity contribution is 5.69. The molecule has 5 nitrogen and oxygen atoms in total. The van der Waals surface area contributed by atoms with E-state index in [2.05, 4.69) is 6.92 Å². The molecule has 1 aromatic carbocycles. The highest BCUT2D eigenvalue weighted by Gasteiger charge is 2.30. The Hall–Kier alpha value is -1.59. The fraction of sp³-hybridized carbons (Fsp3) is 0.632. The van der Waals surface area contributed by atoms with Crippen molar-refractivity contribution in [1.82, 2.24) is 0 Å². The summed E-state index contributed by atoms with van der Waals surface area (Å²) in [6.07, 6.45) is 2.23. The minimum absolute atomic E-state index is 0.0245. The minimum atomic E-state index is -0.185. The number of carbonyl (C=O) groups is 1. The maximum absolute atomic E-state index is 11.6. The molecule has 1 aromatic rings. The topological polar surface area (TPSA) is 54.0 Å². The van der Waals surface area contributed by atoms with E-state index in [-0.39, 0.29) is 18.2 Å². The molecule has 134 valence electrons. The van der Waals surface area contributed by atoms with Crippen molar-refractivity contribution >= 4 is 5.97 Å². The summed E-state index contributed by atoms with van der Waals surface area (Å²) in [5.41, 5.74) is 1.10. The Morgan fingerprint density at radius 1 is 1.25 bits per heavy atom. The molecule has 0 amide bonds. The smallest absolute Gasteiger partial charge is 0.308 e. The van der Waals surface area contributed by atoms with Crippen molar-refractivity contribution in [2.24, 2.45) is 5.92 Å². The van der Waals surface area contributed by atoms with Gasteiger partial charge in [-0.1, -0.05) is 19.1 Å². The van der Waals surface area contributed by atoms with Crippen LogP contribution in [0.15, 0.2) is 24.3 Å². The minimum Gasteiger partial charge on any atom is -0.497 e. The Kier molecular flexibility index (Phi) is 7.53. The third-order valence-electron chi connectivity index (χ3n) is 4.36. The summed E-state index contributed by atoms with van der Waals surface area (Å²) in [6, 6.07) is 7.84. The van der Waals surface area contributed by atoms with Crippen LogP contribution in [0.4, 0.5) is 0 Å². The molecule has 0 unspecified atom stereocenters. The summed E-state index contributed by atoms with van der Waals surface area (Å²) in [7, 11) is 1.65. The van der Waals surface area contributed by atoms with Gasteiger partial charge in [0, 0.05) is 0 Å². The molecule has 24 heavy (non-hydrogen) atoms. The van der Waals surface area contributed by atoms with Crippen molar-refractivity contribution in [2.75, 3.05) is 20.3 Å². The molecule has 2 rings (SSSR count). The second-order valence-corrected chi connectivity index (χ2v) is 6.22. The van der Waals surface area contributed by atoms with Gasteiger partial charge in [-0.2, -0.15) is 0 Å². The first-order valence-electron chi connectivity index (χ1n) is 8.64. The molecule has 3 atom stereocenters. The van der Waals surface area contributed by atoms with Crippen LogP contribution in [0.5, 0.6) is 5.75 Å². The molecular weight excluding hydrogens is 308 g/mol. The van der Waals surface area contributed by atoms with Crippen LogP contribution in [0.2, 0.25) is 0 Å². The van der Waals surface area contributed by atoms with E-state index < -0.39 is 0 Å². The Balaban J connectivity index is 1.76. The second-order valence-electron chi connectivity index (χ2n) is 6.22. The first-order valence-corrected chi connectivity index (χ1v) is 8.64. The quantitative estimate of drug-likeness (QED) is 0.682. The van der Waals surface area contributed by atoms with Gasteiger partial charge in [0.1, 0.15) is 5.75 Å². The largest absolute Gasteiger partial charge is 0.497 e. The van der Waals surface area contributed by atoms with Crippen molar-refractivity contribution < 1.29 is 23.7 Å². The highest BCUT2D eigenvalue weighted by atomic mass is 16.6. The van der Waals surface area contributed by atoms with Crippen LogP contribution < -0.4 is 4.74 Å². The molecular formula is C19H28O5. The Labute approximate surface area is 144 Å². The Morgan fingerprint density at radius 2 is 2.00 bits per heavy atom. The number of carbonyl (C=O) groups excluding carboxylic acids is 1. The predicted molar refractivity (Wildman–Crippen MR) is 91.0 cm³/mol. The lowest BCUT2D eigenvalue weighted by molar-refractivity contribution is -0.154. The fourth-order valence-electron chi connectivity index (χ4n) is 2.86. The SMILES string of the molecule is CCOC(=O)C[C@H]1CC[C@H](C)[C@@H](COCc2ccc(OC)cc2)O1. The van der Waals surface area contributed by atoms with Crippen LogP contribution in [-0.2, 0) is 25.6 Å². The van der Waals surface area contributed by atoms with E-state index in [0.29, 0.717) is 32.2 Å². The number of esters is 1. The molecule has 0 N–H and O–H groups in total. The molecule has 1 fully saturated rings. The molecule has 0 aromatic heterocycles. The second kappa shape index (κ2) is 9.64. The zero-order valence-corrected chi connectivity index (χ0v) is 14.8. The predicted octanol–water partition coefficient (Wildman–Crippen LogP) is 3.35. The standard InChI is InChI=1S/C19H28O5/c1-4-23-19(20)11-17-8-5-14(2)18(24-17)13-22-12-15-6-9-16(21-3)10-7-15/h6-7,9-10,14,17-18H,4-5,8,11-13H2,1-3H3/t14-,17+,18+/m0/s1. The van der Waals surface area contributed by atoms with Crippen LogP contribution in [0, 0.1) is 5.92 Å². The molecule has 1 aliphatic heterocycles. The number of hydrogen-bond acceptors (Lipinski definition) is 5. The van der Waals surface area contributed by atoms with Gasteiger partial charge in [-0.25, -0.2) is 0 Å². The van der Waals surface area contributed by atoms with Crippen LogP contribution in [0.1, 0.15) is 38.7 Å². The van der Waals surface area contributed by atoms with Crippen LogP contribution in [0.3, 0.4) is 0 Å². The van der Waals surface area contributed by atoms with E-state index in [1.165, 1.54) is 0 Å². The van der Waals surface area contributed by atoms with E-state index in [1.807, 2.05) is 31.2 Å². The summed E-state index contributed by atoms with van der Waals surface area (Å²) in [6.45, 7) is 5.47. The van der Waals surface area contributed by atoms with E-state index in [0.717, 1.165) is 24.2 Å². The van der Waals surface area contributed by atoms with Crippen molar-refractivity contribution in [3.63, 3.8) is 0 Å². The van der Waals surface area contributed by atoms with Crippen LogP contribution >= 0.6 is 0 Å². The number of hydrogen-bond donors (Lipinski definition) is 0. The number of methoxy groups -OCH3 is 1. The zero-order valence-electron chi connectivity index (χ0n) is 14.8. The van der Waals surface area contributed by atoms with Gasteiger partial charge in [0.15, 0.2) is 0 Å². The van der Waals surface area contributed by atoms with Crippen molar-refractivity contribution in [2.45, 2.75) is 51.9 Å². The average Bonchev–Trinajstić information content (AvgIpc) is 2.58. The molecule has 1 saturated heterocycles. The summed E-state index contributed by atoms with van der Waals surface area (Å²) in [4.78, 5) is 11.6. The molecule has 0 radical (unpaired) electrons. The zero-order chi connectivity index (χ0) is 17.4. The van der Waals surface area contributed by atoms with Gasteiger partial charge in [-0.15, -0.1) is 0 Å². The molecule has 0 spiro atoms. The van der Waals surface area contributed by atoms with E-state index in [1.54, 1.807) is 7.11 Å². The first kappa shape index (κ1) is 18.7. The first-order chi connectivity index (χ1) is 11.6.